The zero-order chi connectivity index (χ0) is 5.70. The lowest BCUT2D eigenvalue weighted by Gasteiger charge is -1.83. The van der Waals surface area contributed by atoms with Gasteiger partial charge in [-0.1, -0.05) is 0 Å². The second kappa shape index (κ2) is 3.08. The average molecular weight is 104 g/mol. The van der Waals surface area contributed by atoms with Crippen LogP contribution in [0.1, 0.15) is 0 Å². The SMILES string of the molecule is O=NNCC(=O)O. The molecule has 0 atom stereocenters. The van der Waals surface area contributed by atoms with Crippen molar-refractivity contribution in [3.05, 3.63) is 4.91 Å². The molecule has 7 heavy (non-hydrogen) atoms. The molecular weight excluding hydrogens is 100 g/mol. The number of nitrogens with one attached hydrogen (secondary N) is 1. The van der Waals surface area contributed by atoms with E-state index in [1.807, 2.05) is 0 Å². The van der Waals surface area contributed by atoms with E-state index in [9.17, 15) is 4.79 Å². The minimum Gasteiger partial charge on any atom is -0.480 e. The van der Waals surface area contributed by atoms with E-state index in [-0.39, 0.29) is 0 Å². The lowest BCUT2D eigenvalue weighted by Crippen LogP contribution is -2.15. The number of rotatable bonds is 3. The van der Waals surface area contributed by atoms with Gasteiger partial charge in [0.2, 0.25) is 0 Å². The fraction of sp³-hybridized carbons (Fsp3) is 0.500. The Kier molecular flexibility index (Phi) is 2.58. The van der Waals surface area contributed by atoms with Crippen LogP contribution >= 0.6 is 0 Å². The van der Waals surface area contributed by atoms with Crippen LogP contribution < -0.4 is 5.43 Å². The molecule has 0 unspecified atom stereocenters. The summed E-state index contributed by atoms with van der Waals surface area (Å²) in [7, 11) is 0. The number of hydrogen-bond acceptors (Lipinski definition) is 3. The number of carboxylic acids is 1. The van der Waals surface area contributed by atoms with Gasteiger partial charge in [0.05, 0.1) is 5.29 Å². The Hall–Kier alpha value is -1.13. The number of nitroso groups, excluding NO2 is 1. The quantitative estimate of drug-likeness (QED) is 0.368. The lowest BCUT2D eigenvalue weighted by atomic mass is 10.7. The molecule has 5 heteroatoms. The van der Waals surface area contributed by atoms with Gasteiger partial charge in [-0.25, -0.2) is 0 Å². The van der Waals surface area contributed by atoms with Gasteiger partial charge in [-0.05, 0) is 0 Å². The van der Waals surface area contributed by atoms with Gasteiger partial charge < -0.3 is 5.11 Å². The Balaban J connectivity index is 2.97. The fourth-order valence-electron chi connectivity index (χ4n) is 0.0999. The van der Waals surface area contributed by atoms with E-state index in [0.29, 0.717) is 0 Å². The highest BCUT2D eigenvalue weighted by Gasteiger charge is 1.89. The van der Waals surface area contributed by atoms with Gasteiger partial charge in [0.15, 0.2) is 0 Å². The minimum absolute atomic E-state index is 0.413. The summed E-state index contributed by atoms with van der Waals surface area (Å²) in [6.07, 6.45) is 0. The monoisotopic (exact) mass is 104 g/mol. The van der Waals surface area contributed by atoms with Crippen molar-refractivity contribution < 1.29 is 9.90 Å². The summed E-state index contributed by atoms with van der Waals surface area (Å²) >= 11 is 0. The van der Waals surface area contributed by atoms with Crippen LogP contribution in [0, 0.1) is 4.91 Å². The molecule has 0 aliphatic carbocycles. The van der Waals surface area contributed by atoms with Crippen LogP contribution in [0.2, 0.25) is 0 Å². The van der Waals surface area contributed by atoms with Crippen molar-refractivity contribution in [3.8, 4) is 0 Å². The molecule has 0 aromatic carbocycles. The van der Waals surface area contributed by atoms with E-state index < -0.39 is 12.5 Å². The van der Waals surface area contributed by atoms with Crippen molar-refractivity contribution in [1.82, 2.24) is 5.43 Å². The Bertz CT molecular complexity index is 81.0. The second-order valence-electron chi connectivity index (χ2n) is 0.820. The van der Waals surface area contributed by atoms with Crippen molar-refractivity contribution in [3.63, 3.8) is 0 Å². The number of nitrogens with zero attached hydrogens (tertiary/aromatic N) is 1. The summed E-state index contributed by atoms with van der Waals surface area (Å²) in [5.41, 5.74) is 1.72. The maximum absolute atomic E-state index is 9.50. The first-order valence-corrected chi connectivity index (χ1v) is 1.54. The molecule has 0 amide bonds. The molecule has 0 spiro atoms. The third kappa shape index (κ3) is 4.87. The van der Waals surface area contributed by atoms with Crippen LogP contribution in [-0.2, 0) is 4.79 Å². The molecule has 5 nitrogen and oxygen atoms in total. The summed E-state index contributed by atoms with van der Waals surface area (Å²) in [5, 5.41) is 9.88. The van der Waals surface area contributed by atoms with E-state index in [2.05, 4.69) is 5.29 Å². The smallest absolute Gasteiger partial charge is 0.324 e. The van der Waals surface area contributed by atoms with Crippen molar-refractivity contribution >= 4 is 5.97 Å². The highest BCUT2D eigenvalue weighted by Crippen LogP contribution is 1.56. The van der Waals surface area contributed by atoms with Gasteiger partial charge in [0.1, 0.15) is 6.54 Å². The maximum atomic E-state index is 9.50. The predicted molar refractivity (Wildman–Crippen MR) is 21.4 cm³/mol. The van der Waals surface area contributed by atoms with Gasteiger partial charge >= 0.3 is 5.97 Å². The van der Waals surface area contributed by atoms with E-state index in [1.54, 1.807) is 5.43 Å². The number of carbonyl (C=O) groups is 1. The van der Waals surface area contributed by atoms with Gasteiger partial charge in [0.25, 0.3) is 0 Å². The largest absolute Gasteiger partial charge is 0.480 e. The number of hydrogen-bond donors (Lipinski definition) is 2. The molecule has 0 aliphatic heterocycles. The van der Waals surface area contributed by atoms with Crippen molar-refractivity contribution in [2.24, 2.45) is 5.29 Å². The summed E-state index contributed by atoms with van der Waals surface area (Å²) in [6, 6.07) is 0. The summed E-state index contributed by atoms with van der Waals surface area (Å²) < 4.78 is 0. The average Bonchev–Trinajstić information content (AvgIpc) is 1.61. The third-order valence-electron chi connectivity index (χ3n) is 0.295. The molecule has 2 N–H and O–H groups in total. The van der Waals surface area contributed by atoms with Crippen LogP contribution in [-0.4, -0.2) is 17.6 Å². The van der Waals surface area contributed by atoms with Gasteiger partial charge in [0, 0.05) is 0 Å². The molecule has 0 aromatic rings. The third-order valence-corrected chi connectivity index (χ3v) is 0.295. The van der Waals surface area contributed by atoms with E-state index >= 15 is 0 Å². The van der Waals surface area contributed by atoms with Crippen molar-refractivity contribution in [2.45, 2.75) is 0 Å². The molecule has 40 valence electrons. The standard InChI is InChI=1S/C2H4N2O3/c5-2(6)1-3-4-7/h1H2,(H,3,7)(H,5,6). The van der Waals surface area contributed by atoms with Crippen LogP contribution in [0.4, 0.5) is 0 Å². The molecule has 0 aliphatic rings. The predicted octanol–water partition coefficient (Wildman–Crippen LogP) is -0.658. The van der Waals surface area contributed by atoms with Crippen LogP contribution in [0.3, 0.4) is 0 Å². The topological polar surface area (TPSA) is 78.8 Å². The Morgan fingerprint density at radius 1 is 1.86 bits per heavy atom. The molecule has 0 heterocycles. The highest BCUT2D eigenvalue weighted by molar-refractivity contribution is 5.68. The normalized spacial score (nSPS) is 7.43. The first kappa shape index (κ1) is 5.87. The number of aliphatic carboxylic acids is 1. The fourth-order valence-corrected chi connectivity index (χ4v) is 0.0999. The Labute approximate surface area is 39.3 Å². The second-order valence-corrected chi connectivity index (χ2v) is 0.820. The van der Waals surface area contributed by atoms with E-state index in [4.69, 9.17) is 10.0 Å². The summed E-state index contributed by atoms with van der Waals surface area (Å²) in [5.74, 6) is -1.10. The first-order chi connectivity index (χ1) is 3.27. The van der Waals surface area contributed by atoms with E-state index in [0.717, 1.165) is 0 Å². The number of carboxylic acid groups (broad SMARTS) is 1. The molecular formula is C2H4N2O3. The molecule has 0 aromatic heterocycles. The zero-order valence-corrected chi connectivity index (χ0v) is 3.42. The molecule has 0 fully saturated rings. The molecule has 0 saturated heterocycles. The van der Waals surface area contributed by atoms with Crippen molar-refractivity contribution in [1.29, 1.82) is 0 Å². The first-order valence-electron chi connectivity index (χ1n) is 1.54. The summed E-state index contributed by atoms with van der Waals surface area (Å²) in [4.78, 5) is 18.6. The zero-order valence-electron chi connectivity index (χ0n) is 3.42. The minimum atomic E-state index is -1.10. The van der Waals surface area contributed by atoms with E-state index in [1.165, 1.54) is 0 Å². The van der Waals surface area contributed by atoms with Crippen molar-refractivity contribution in [2.75, 3.05) is 6.54 Å². The van der Waals surface area contributed by atoms with Gasteiger partial charge in [-0.2, -0.15) is 0 Å². The summed E-state index contributed by atoms with van der Waals surface area (Å²) in [6.45, 7) is -0.413. The van der Waals surface area contributed by atoms with Gasteiger partial charge in [-0.15, -0.1) is 4.91 Å². The maximum Gasteiger partial charge on any atom is 0.324 e. The highest BCUT2D eigenvalue weighted by atomic mass is 16.4. The Morgan fingerprint density at radius 3 is 2.57 bits per heavy atom. The molecule has 0 saturated carbocycles. The lowest BCUT2D eigenvalue weighted by molar-refractivity contribution is -0.135. The molecule has 0 rings (SSSR count). The van der Waals surface area contributed by atoms with Crippen LogP contribution in [0.5, 0.6) is 0 Å². The van der Waals surface area contributed by atoms with Gasteiger partial charge in [-0.3, -0.25) is 10.2 Å². The van der Waals surface area contributed by atoms with Crippen LogP contribution in [0.15, 0.2) is 5.29 Å². The molecule has 0 bridgehead atoms. The van der Waals surface area contributed by atoms with Crippen LogP contribution in [0.25, 0.3) is 0 Å². The molecule has 0 radical (unpaired) electrons. The Morgan fingerprint density at radius 2 is 2.43 bits per heavy atom.